The minimum Gasteiger partial charge on any atom is -0.464 e. The molecule has 0 aliphatic carbocycles. The molecule has 2 rings (SSSR count). The van der Waals surface area contributed by atoms with Gasteiger partial charge in [-0.1, -0.05) is 64.5 Å². The fourth-order valence-electron chi connectivity index (χ4n) is 4.62. The number of aliphatic hydroxyl groups excluding tert-OH is 1. The fraction of sp³-hybridized carbons (Fsp3) is 0.742. The molecule has 39 heavy (non-hydrogen) atoms. The third kappa shape index (κ3) is 14.8. The van der Waals surface area contributed by atoms with Gasteiger partial charge in [0, 0.05) is 57.8 Å². The van der Waals surface area contributed by atoms with Gasteiger partial charge in [-0.05, 0) is 43.9 Å². The van der Waals surface area contributed by atoms with Crippen LogP contribution in [0.4, 0.5) is 0 Å². The highest BCUT2D eigenvalue weighted by Gasteiger charge is 2.33. The summed E-state index contributed by atoms with van der Waals surface area (Å²) in [4.78, 5) is 17.3. The molecule has 1 aliphatic heterocycles. The molecule has 0 saturated carbocycles. The Morgan fingerprint density at radius 2 is 1.64 bits per heavy atom. The number of amides is 1. The molecule has 1 aliphatic rings. The summed E-state index contributed by atoms with van der Waals surface area (Å²) in [7, 11) is 0. The number of nitrogens with zero attached hydrogens (tertiary/aromatic N) is 1. The molecule has 1 aromatic rings. The van der Waals surface area contributed by atoms with Crippen LogP contribution in [0.1, 0.15) is 84.1 Å². The molecule has 0 aromatic heterocycles. The first kappa shape index (κ1) is 33.2. The van der Waals surface area contributed by atoms with E-state index in [-0.39, 0.29) is 17.9 Å². The fourth-order valence-corrected chi connectivity index (χ4v) is 4.62. The van der Waals surface area contributed by atoms with E-state index in [1.165, 1.54) is 50.5 Å². The van der Waals surface area contributed by atoms with Crippen LogP contribution in [-0.4, -0.2) is 74.9 Å². The zero-order valence-electron chi connectivity index (χ0n) is 24.8. The first-order valence-electron chi connectivity index (χ1n) is 15.3. The van der Waals surface area contributed by atoms with Gasteiger partial charge in [0.15, 0.2) is 0 Å². The molecule has 1 heterocycles. The monoisotopic (exact) mass is 545 g/mol. The van der Waals surface area contributed by atoms with Crippen molar-refractivity contribution in [3.63, 3.8) is 0 Å². The standard InChI is InChI=1S/C31H55N5O3/c1-4-5-6-7-8-9-10-11-28-12-14-29(15-13-28)39-31(25-35-30(38)26(2)16-18-36-31)17-19-32-20-21-33-22-23-34-24-27(3)37/h12-15,18,26-27,32-34,37H,4-11,16-17,19-25H2,1-3H3,(H,35,38). The zero-order chi connectivity index (χ0) is 28.2. The zero-order valence-corrected chi connectivity index (χ0v) is 24.8. The molecule has 1 aromatic carbocycles. The third-order valence-electron chi connectivity index (χ3n) is 7.16. The van der Waals surface area contributed by atoms with Gasteiger partial charge < -0.3 is 31.1 Å². The molecular formula is C31H55N5O3. The summed E-state index contributed by atoms with van der Waals surface area (Å²) in [6, 6.07) is 8.40. The van der Waals surface area contributed by atoms with Crippen molar-refractivity contribution >= 4 is 12.1 Å². The Kier molecular flexibility index (Phi) is 17.0. The van der Waals surface area contributed by atoms with E-state index in [2.05, 4.69) is 40.3 Å². The average molecular weight is 546 g/mol. The van der Waals surface area contributed by atoms with E-state index in [4.69, 9.17) is 9.73 Å². The van der Waals surface area contributed by atoms with Crippen LogP contribution in [0.15, 0.2) is 29.3 Å². The lowest BCUT2D eigenvalue weighted by molar-refractivity contribution is -0.125. The van der Waals surface area contributed by atoms with Crippen molar-refractivity contribution in [3.05, 3.63) is 29.8 Å². The van der Waals surface area contributed by atoms with Crippen LogP contribution in [0, 0.1) is 5.92 Å². The number of hydrogen-bond donors (Lipinski definition) is 5. The van der Waals surface area contributed by atoms with E-state index in [0.717, 1.165) is 44.9 Å². The van der Waals surface area contributed by atoms with Crippen molar-refractivity contribution in [3.8, 4) is 5.75 Å². The van der Waals surface area contributed by atoms with Crippen LogP contribution in [0.25, 0.3) is 0 Å². The maximum atomic E-state index is 12.4. The summed E-state index contributed by atoms with van der Waals surface area (Å²) < 4.78 is 6.49. The minimum absolute atomic E-state index is 0.0422. The van der Waals surface area contributed by atoms with Crippen molar-refractivity contribution in [2.24, 2.45) is 10.9 Å². The van der Waals surface area contributed by atoms with E-state index >= 15 is 0 Å². The summed E-state index contributed by atoms with van der Waals surface area (Å²) in [5, 5.41) is 22.4. The highest BCUT2D eigenvalue weighted by molar-refractivity contribution is 5.81. The van der Waals surface area contributed by atoms with Crippen LogP contribution >= 0.6 is 0 Å². The number of benzene rings is 1. The number of ether oxygens (including phenoxy) is 1. The highest BCUT2D eigenvalue weighted by Crippen LogP contribution is 2.25. The molecule has 0 spiro atoms. The SMILES string of the molecule is CCCCCCCCCc1ccc(OC2(CCNCCNCCNCC(C)O)CNC(=O)C(C)CC=N2)cc1. The molecule has 0 bridgehead atoms. The molecule has 222 valence electrons. The topological polar surface area (TPSA) is 107 Å². The van der Waals surface area contributed by atoms with Gasteiger partial charge in [-0.25, -0.2) is 0 Å². The summed E-state index contributed by atoms with van der Waals surface area (Å²) in [5.74, 6) is 0.738. The molecular weight excluding hydrogens is 490 g/mol. The predicted octanol–water partition coefficient (Wildman–Crippen LogP) is 3.82. The van der Waals surface area contributed by atoms with E-state index in [9.17, 15) is 9.90 Å². The van der Waals surface area contributed by atoms with Gasteiger partial charge in [0.25, 0.3) is 0 Å². The lowest BCUT2D eigenvalue weighted by Gasteiger charge is -2.33. The number of rotatable bonds is 21. The number of aliphatic hydroxyl groups is 1. The number of aryl methyl sites for hydroxylation is 1. The summed E-state index contributed by atoms with van der Waals surface area (Å²) >= 11 is 0. The first-order chi connectivity index (χ1) is 18.9. The lowest BCUT2D eigenvalue weighted by atomic mass is 10.0. The van der Waals surface area contributed by atoms with Crippen molar-refractivity contribution in [1.29, 1.82) is 0 Å². The second-order valence-corrected chi connectivity index (χ2v) is 11.0. The lowest BCUT2D eigenvalue weighted by Crippen LogP contribution is -2.50. The highest BCUT2D eigenvalue weighted by atomic mass is 16.5. The first-order valence-corrected chi connectivity index (χ1v) is 15.3. The maximum absolute atomic E-state index is 12.4. The quantitative estimate of drug-likeness (QED) is 0.150. The van der Waals surface area contributed by atoms with E-state index in [0.29, 0.717) is 25.9 Å². The Morgan fingerprint density at radius 1 is 1.00 bits per heavy atom. The van der Waals surface area contributed by atoms with Gasteiger partial charge in [-0.2, -0.15) is 0 Å². The van der Waals surface area contributed by atoms with Crippen LogP contribution in [0.2, 0.25) is 0 Å². The van der Waals surface area contributed by atoms with Gasteiger partial charge in [-0.3, -0.25) is 9.79 Å². The number of carbonyl (C=O) groups is 1. The van der Waals surface area contributed by atoms with Crippen molar-refractivity contribution in [2.75, 3.05) is 45.8 Å². The summed E-state index contributed by atoms with van der Waals surface area (Å²) in [5.41, 5.74) is 0.504. The Hall–Kier alpha value is -2.00. The Balaban J connectivity index is 1.82. The van der Waals surface area contributed by atoms with Crippen molar-refractivity contribution < 1.29 is 14.6 Å². The molecule has 0 radical (unpaired) electrons. The van der Waals surface area contributed by atoms with E-state index in [1.807, 2.05) is 25.3 Å². The van der Waals surface area contributed by atoms with Crippen LogP contribution in [0.5, 0.6) is 5.75 Å². The Morgan fingerprint density at radius 3 is 2.33 bits per heavy atom. The van der Waals surface area contributed by atoms with E-state index < -0.39 is 5.72 Å². The van der Waals surface area contributed by atoms with Gasteiger partial charge >= 0.3 is 0 Å². The maximum Gasteiger partial charge on any atom is 0.223 e. The minimum atomic E-state index is -0.832. The van der Waals surface area contributed by atoms with Gasteiger partial charge in [0.05, 0.1) is 12.6 Å². The largest absolute Gasteiger partial charge is 0.464 e. The molecule has 0 saturated heterocycles. The second-order valence-electron chi connectivity index (χ2n) is 11.0. The van der Waals surface area contributed by atoms with Crippen molar-refractivity contribution in [2.45, 2.75) is 96.8 Å². The average Bonchev–Trinajstić information content (AvgIpc) is 2.92. The number of unbranched alkanes of at least 4 members (excludes halogenated alkanes) is 6. The number of carbonyl (C=O) groups excluding carboxylic acids is 1. The van der Waals surface area contributed by atoms with Crippen LogP contribution < -0.4 is 26.0 Å². The van der Waals surface area contributed by atoms with Gasteiger partial charge in [0.1, 0.15) is 5.75 Å². The van der Waals surface area contributed by atoms with Crippen LogP contribution in [0.3, 0.4) is 0 Å². The molecule has 3 unspecified atom stereocenters. The smallest absolute Gasteiger partial charge is 0.223 e. The molecule has 0 fully saturated rings. The summed E-state index contributed by atoms with van der Waals surface area (Å²) in [6.07, 6.45) is 13.1. The van der Waals surface area contributed by atoms with Crippen LogP contribution in [-0.2, 0) is 11.2 Å². The number of aliphatic imine (C=N–C) groups is 1. The summed E-state index contributed by atoms with van der Waals surface area (Å²) in [6.45, 7) is 11.0. The third-order valence-corrected chi connectivity index (χ3v) is 7.16. The number of hydrogen-bond acceptors (Lipinski definition) is 7. The van der Waals surface area contributed by atoms with Gasteiger partial charge in [-0.15, -0.1) is 0 Å². The molecule has 3 atom stereocenters. The molecule has 8 heteroatoms. The number of nitrogens with one attached hydrogen (secondary N) is 4. The molecule has 5 N–H and O–H groups in total. The Bertz CT molecular complexity index is 802. The predicted molar refractivity (Wildman–Crippen MR) is 162 cm³/mol. The normalized spacial score (nSPS) is 20.3. The molecule has 8 nitrogen and oxygen atoms in total. The van der Waals surface area contributed by atoms with Crippen molar-refractivity contribution in [1.82, 2.24) is 21.3 Å². The Labute approximate surface area is 237 Å². The molecule has 1 amide bonds. The van der Waals surface area contributed by atoms with E-state index in [1.54, 1.807) is 6.92 Å². The second kappa shape index (κ2) is 20.0. The van der Waals surface area contributed by atoms with Gasteiger partial charge in [0.2, 0.25) is 11.6 Å².